The predicted molar refractivity (Wildman–Crippen MR) is 79.4 cm³/mol. The average molecular weight is 247 g/mol. The molecule has 0 atom stereocenters. The van der Waals surface area contributed by atoms with Crippen LogP contribution < -0.4 is 5.43 Å². The van der Waals surface area contributed by atoms with E-state index >= 15 is 0 Å². The number of fused-ring (bicyclic) bond motifs is 1. The van der Waals surface area contributed by atoms with Crippen LogP contribution in [0.15, 0.2) is 71.8 Å². The Morgan fingerprint density at radius 2 is 1.63 bits per heavy atom. The number of hydrogen-bond acceptors (Lipinski definition) is 3. The molecule has 1 heterocycles. The van der Waals surface area contributed by atoms with E-state index in [1.54, 1.807) is 6.21 Å². The molecular formula is C16H13N3. The molecule has 1 N–H and O–H groups in total. The number of pyridine rings is 1. The molecule has 3 rings (SSSR count). The molecule has 0 spiro atoms. The summed E-state index contributed by atoms with van der Waals surface area (Å²) in [7, 11) is 0. The number of rotatable bonds is 3. The lowest BCUT2D eigenvalue weighted by Crippen LogP contribution is -1.93. The number of aromatic nitrogens is 1. The molecule has 19 heavy (non-hydrogen) atoms. The van der Waals surface area contributed by atoms with Gasteiger partial charge in [0, 0.05) is 5.39 Å². The zero-order valence-corrected chi connectivity index (χ0v) is 10.3. The molecule has 0 fully saturated rings. The van der Waals surface area contributed by atoms with Gasteiger partial charge in [-0.15, -0.1) is 0 Å². The van der Waals surface area contributed by atoms with Gasteiger partial charge in [0.25, 0.3) is 0 Å². The lowest BCUT2D eigenvalue weighted by atomic mass is 10.2. The van der Waals surface area contributed by atoms with Gasteiger partial charge in [0.05, 0.1) is 11.7 Å². The Morgan fingerprint density at radius 3 is 2.53 bits per heavy atom. The van der Waals surface area contributed by atoms with Crippen molar-refractivity contribution in [3.63, 3.8) is 0 Å². The molecule has 0 aliphatic rings. The normalized spacial score (nSPS) is 10.9. The number of para-hydroxylation sites is 1. The van der Waals surface area contributed by atoms with Gasteiger partial charge in [0.1, 0.15) is 5.82 Å². The van der Waals surface area contributed by atoms with E-state index in [1.807, 2.05) is 66.7 Å². The van der Waals surface area contributed by atoms with Gasteiger partial charge in [0.2, 0.25) is 0 Å². The Balaban J connectivity index is 1.77. The van der Waals surface area contributed by atoms with Gasteiger partial charge in [-0.2, -0.15) is 5.10 Å². The van der Waals surface area contributed by atoms with Crippen molar-refractivity contribution in [1.82, 2.24) is 4.98 Å². The first kappa shape index (κ1) is 11.4. The highest BCUT2D eigenvalue weighted by Crippen LogP contribution is 2.14. The Morgan fingerprint density at radius 1 is 0.842 bits per heavy atom. The molecule has 0 aliphatic heterocycles. The first-order chi connectivity index (χ1) is 9.42. The Bertz CT molecular complexity index is 705. The van der Waals surface area contributed by atoms with Crippen molar-refractivity contribution in [2.24, 2.45) is 5.10 Å². The van der Waals surface area contributed by atoms with E-state index in [9.17, 15) is 0 Å². The molecule has 0 saturated heterocycles. The molecule has 0 radical (unpaired) electrons. The summed E-state index contributed by atoms with van der Waals surface area (Å²) < 4.78 is 0. The fourth-order valence-corrected chi connectivity index (χ4v) is 1.84. The second-order valence-corrected chi connectivity index (χ2v) is 4.17. The lowest BCUT2D eigenvalue weighted by molar-refractivity contribution is 1.26. The van der Waals surface area contributed by atoms with Crippen LogP contribution >= 0.6 is 0 Å². The van der Waals surface area contributed by atoms with Gasteiger partial charge in [-0.05, 0) is 23.8 Å². The van der Waals surface area contributed by atoms with Gasteiger partial charge in [-0.3, -0.25) is 5.43 Å². The van der Waals surface area contributed by atoms with Gasteiger partial charge in [-0.1, -0.05) is 48.5 Å². The first-order valence-corrected chi connectivity index (χ1v) is 6.12. The zero-order valence-electron chi connectivity index (χ0n) is 10.3. The molecule has 3 heteroatoms. The van der Waals surface area contributed by atoms with Crippen molar-refractivity contribution >= 4 is 22.9 Å². The van der Waals surface area contributed by atoms with E-state index in [-0.39, 0.29) is 0 Å². The highest BCUT2D eigenvalue weighted by atomic mass is 15.3. The molecule has 92 valence electrons. The number of hydrazone groups is 1. The van der Waals surface area contributed by atoms with E-state index in [0.717, 1.165) is 22.3 Å². The SMILES string of the molecule is C(=N\Nc1ccc2ccccc2n1)/c1ccccc1. The third-order valence-corrected chi connectivity index (χ3v) is 2.79. The van der Waals surface area contributed by atoms with Crippen molar-refractivity contribution < 1.29 is 0 Å². The molecule has 0 aliphatic carbocycles. The molecule has 0 unspecified atom stereocenters. The molecule has 3 aromatic rings. The van der Waals surface area contributed by atoms with Crippen molar-refractivity contribution in [1.29, 1.82) is 0 Å². The minimum absolute atomic E-state index is 0.742. The highest BCUT2D eigenvalue weighted by Gasteiger charge is 1.95. The van der Waals surface area contributed by atoms with Crippen molar-refractivity contribution in [3.8, 4) is 0 Å². The van der Waals surface area contributed by atoms with Gasteiger partial charge in [-0.25, -0.2) is 4.98 Å². The Hall–Kier alpha value is -2.68. The molecular weight excluding hydrogens is 234 g/mol. The van der Waals surface area contributed by atoms with E-state index in [1.165, 1.54) is 0 Å². The average Bonchev–Trinajstić information content (AvgIpc) is 2.48. The summed E-state index contributed by atoms with van der Waals surface area (Å²) in [4.78, 5) is 4.48. The summed E-state index contributed by atoms with van der Waals surface area (Å²) >= 11 is 0. The van der Waals surface area contributed by atoms with Crippen molar-refractivity contribution in [2.45, 2.75) is 0 Å². The van der Waals surface area contributed by atoms with Crippen LogP contribution in [0, 0.1) is 0 Å². The smallest absolute Gasteiger partial charge is 0.146 e. The summed E-state index contributed by atoms with van der Waals surface area (Å²) in [6.45, 7) is 0. The van der Waals surface area contributed by atoms with Crippen LogP contribution in [0.1, 0.15) is 5.56 Å². The summed E-state index contributed by atoms with van der Waals surface area (Å²) in [6, 6.07) is 21.9. The Kier molecular flexibility index (Phi) is 3.19. The fraction of sp³-hybridized carbons (Fsp3) is 0. The Labute approximate surface area is 111 Å². The quantitative estimate of drug-likeness (QED) is 0.566. The summed E-state index contributed by atoms with van der Waals surface area (Å²) in [5, 5.41) is 5.31. The molecule has 2 aromatic carbocycles. The van der Waals surface area contributed by atoms with Gasteiger partial charge >= 0.3 is 0 Å². The maximum Gasteiger partial charge on any atom is 0.146 e. The van der Waals surface area contributed by atoms with Crippen LogP contribution in [-0.4, -0.2) is 11.2 Å². The highest BCUT2D eigenvalue weighted by molar-refractivity contribution is 5.81. The fourth-order valence-electron chi connectivity index (χ4n) is 1.84. The summed E-state index contributed by atoms with van der Waals surface area (Å²) in [5.74, 6) is 0.742. The standard InChI is InChI=1S/C16H13N3/c1-2-6-13(7-3-1)12-17-19-16-11-10-14-8-4-5-9-15(14)18-16/h1-12H,(H,18,19)/b17-12+. The third-order valence-electron chi connectivity index (χ3n) is 2.79. The first-order valence-electron chi connectivity index (χ1n) is 6.12. The monoisotopic (exact) mass is 247 g/mol. The summed E-state index contributed by atoms with van der Waals surface area (Å²) in [6.07, 6.45) is 1.77. The van der Waals surface area contributed by atoms with Crippen LogP contribution in [0.2, 0.25) is 0 Å². The topological polar surface area (TPSA) is 37.3 Å². The molecule has 3 nitrogen and oxygen atoms in total. The third kappa shape index (κ3) is 2.77. The molecule has 0 bridgehead atoms. The molecule has 0 saturated carbocycles. The minimum atomic E-state index is 0.742. The molecule has 1 aromatic heterocycles. The minimum Gasteiger partial charge on any atom is -0.261 e. The van der Waals surface area contributed by atoms with Crippen LogP contribution in [0.3, 0.4) is 0 Å². The number of anilines is 1. The van der Waals surface area contributed by atoms with E-state index in [2.05, 4.69) is 15.5 Å². The molecule has 0 amide bonds. The number of hydrogen-bond donors (Lipinski definition) is 1. The van der Waals surface area contributed by atoms with Crippen molar-refractivity contribution in [3.05, 3.63) is 72.3 Å². The largest absolute Gasteiger partial charge is 0.261 e. The summed E-state index contributed by atoms with van der Waals surface area (Å²) in [5.41, 5.74) is 4.96. The van der Waals surface area contributed by atoms with Gasteiger partial charge in [0.15, 0.2) is 0 Å². The van der Waals surface area contributed by atoms with E-state index in [0.29, 0.717) is 0 Å². The number of nitrogens with zero attached hydrogens (tertiary/aromatic N) is 2. The zero-order chi connectivity index (χ0) is 12.9. The van der Waals surface area contributed by atoms with Crippen LogP contribution in [0.25, 0.3) is 10.9 Å². The van der Waals surface area contributed by atoms with Gasteiger partial charge < -0.3 is 0 Å². The van der Waals surface area contributed by atoms with E-state index < -0.39 is 0 Å². The second kappa shape index (κ2) is 5.31. The number of nitrogens with one attached hydrogen (secondary N) is 1. The van der Waals surface area contributed by atoms with E-state index in [4.69, 9.17) is 0 Å². The maximum atomic E-state index is 4.48. The van der Waals surface area contributed by atoms with Crippen LogP contribution in [0.4, 0.5) is 5.82 Å². The van der Waals surface area contributed by atoms with Crippen LogP contribution in [-0.2, 0) is 0 Å². The maximum absolute atomic E-state index is 4.48. The van der Waals surface area contributed by atoms with Crippen LogP contribution in [0.5, 0.6) is 0 Å². The predicted octanol–water partition coefficient (Wildman–Crippen LogP) is 3.68. The number of benzene rings is 2. The van der Waals surface area contributed by atoms with Crippen molar-refractivity contribution in [2.75, 3.05) is 5.43 Å². The lowest BCUT2D eigenvalue weighted by Gasteiger charge is -2.01. The second-order valence-electron chi connectivity index (χ2n) is 4.17.